The van der Waals surface area contributed by atoms with Gasteiger partial charge in [-0.05, 0) is 57.2 Å². The molecule has 1 N–H and O–H groups in total. The van der Waals surface area contributed by atoms with Crippen LogP contribution >= 0.6 is 0 Å². The normalized spacial score (nSPS) is 39.2. The first-order valence-electron chi connectivity index (χ1n) is 15.4. The van der Waals surface area contributed by atoms with E-state index in [0.717, 1.165) is 6.08 Å². The molecule has 2 aliphatic carbocycles. The van der Waals surface area contributed by atoms with E-state index in [1.54, 1.807) is 20.8 Å². The molecule has 1 heterocycles. The Morgan fingerprint density at radius 2 is 1.72 bits per heavy atom. The average Bonchev–Trinajstić information content (AvgIpc) is 2.88. The van der Waals surface area contributed by atoms with E-state index in [1.807, 2.05) is 20.8 Å². The summed E-state index contributed by atoms with van der Waals surface area (Å²) in [6.07, 6.45) is 0.557. The van der Waals surface area contributed by atoms with E-state index >= 15 is 0 Å². The minimum Gasteiger partial charge on any atom is -0.455 e. The van der Waals surface area contributed by atoms with Gasteiger partial charge in [-0.1, -0.05) is 54.2 Å². The Bertz CT molecular complexity index is 1140. The van der Waals surface area contributed by atoms with Crippen molar-refractivity contribution in [1.82, 2.24) is 0 Å². The summed E-state index contributed by atoms with van der Waals surface area (Å²) >= 11 is 0. The van der Waals surface area contributed by atoms with Crippen molar-refractivity contribution in [1.29, 1.82) is 0 Å². The van der Waals surface area contributed by atoms with Crippen LogP contribution in [0.3, 0.4) is 0 Å². The molecular formula is C33H54O9Si. The van der Waals surface area contributed by atoms with Crippen LogP contribution in [0.5, 0.6) is 0 Å². The topological polar surface area (TPSA) is 118 Å². The van der Waals surface area contributed by atoms with Gasteiger partial charge in [0.05, 0.1) is 11.7 Å². The molecule has 3 rings (SSSR count). The zero-order valence-electron chi connectivity index (χ0n) is 28.1. The maximum atomic E-state index is 14.6. The van der Waals surface area contributed by atoms with Crippen molar-refractivity contribution < 1.29 is 42.9 Å². The third-order valence-electron chi connectivity index (χ3n) is 11.0. The van der Waals surface area contributed by atoms with Gasteiger partial charge in [-0.3, -0.25) is 4.79 Å². The summed E-state index contributed by atoms with van der Waals surface area (Å²) in [5.41, 5.74) is -7.18. The Kier molecular flexibility index (Phi) is 9.53. The van der Waals surface area contributed by atoms with Gasteiger partial charge in [0, 0.05) is 30.4 Å². The van der Waals surface area contributed by atoms with Crippen molar-refractivity contribution in [2.45, 2.75) is 135 Å². The fourth-order valence-electron chi connectivity index (χ4n) is 7.80. The van der Waals surface area contributed by atoms with Crippen LogP contribution in [0.1, 0.15) is 81.6 Å². The number of hydrogen-bond acceptors (Lipinski definition) is 9. The van der Waals surface area contributed by atoms with Crippen LogP contribution in [0.15, 0.2) is 25.3 Å². The number of esters is 2. The van der Waals surface area contributed by atoms with E-state index in [0.29, 0.717) is 12.8 Å². The Labute approximate surface area is 258 Å². The summed E-state index contributed by atoms with van der Waals surface area (Å²) in [7, 11) is -2.46. The molecule has 0 amide bonds. The summed E-state index contributed by atoms with van der Waals surface area (Å²) in [5.74, 6) is -2.60. The van der Waals surface area contributed by atoms with Gasteiger partial charge in [-0.25, -0.2) is 9.59 Å². The third-order valence-corrected chi connectivity index (χ3v) is 15.5. The van der Waals surface area contributed by atoms with Crippen molar-refractivity contribution >= 4 is 26.0 Å². The van der Waals surface area contributed by atoms with Gasteiger partial charge in [0.15, 0.2) is 25.8 Å². The largest absolute Gasteiger partial charge is 0.455 e. The summed E-state index contributed by atoms with van der Waals surface area (Å²) in [5, 5.41) is 13.1. The van der Waals surface area contributed by atoms with Gasteiger partial charge >= 0.3 is 11.9 Å². The molecule has 0 bridgehead atoms. The average molecular weight is 623 g/mol. The summed E-state index contributed by atoms with van der Waals surface area (Å²) in [6, 6.07) is 0. The van der Waals surface area contributed by atoms with Crippen LogP contribution in [-0.4, -0.2) is 79.5 Å². The first-order chi connectivity index (χ1) is 19.5. The van der Waals surface area contributed by atoms with Crippen LogP contribution in [0, 0.1) is 16.7 Å². The minimum atomic E-state index is -2.46. The number of carbonyl (C=O) groups is 3. The maximum Gasteiger partial charge on any atom is 0.332 e. The number of Topliss-reactive ketones (excluding diaryl/α,β-unsaturated/α-hetero) is 1. The highest BCUT2D eigenvalue weighted by atomic mass is 28.4. The lowest BCUT2D eigenvalue weighted by Crippen LogP contribution is -2.87. The first-order valence-corrected chi connectivity index (χ1v) is 18.3. The van der Waals surface area contributed by atoms with Crippen LogP contribution in [0.25, 0.3) is 0 Å². The van der Waals surface area contributed by atoms with Gasteiger partial charge in [-0.2, -0.15) is 0 Å². The summed E-state index contributed by atoms with van der Waals surface area (Å²) in [4.78, 5) is 40.8. The molecule has 3 fully saturated rings. The fraction of sp³-hybridized carbons (Fsp3) is 0.788. The van der Waals surface area contributed by atoms with Crippen LogP contribution in [0.2, 0.25) is 18.1 Å². The first kappa shape index (κ1) is 35.6. The van der Waals surface area contributed by atoms with Gasteiger partial charge in [0.25, 0.3) is 0 Å². The van der Waals surface area contributed by atoms with Gasteiger partial charge in [0.1, 0.15) is 18.3 Å². The van der Waals surface area contributed by atoms with Crippen LogP contribution in [-0.2, 0) is 37.8 Å². The van der Waals surface area contributed by atoms with E-state index in [1.165, 1.54) is 6.08 Å². The van der Waals surface area contributed by atoms with E-state index in [2.05, 4.69) is 47.0 Å². The molecule has 2 saturated carbocycles. The summed E-state index contributed by atoms with van der Waals surface area (Å²) in [6.45, 7) is 29.0. The molecule has 43 heavy (non-hydrogen) atoms. The van der Waals surface area contributed by atoms with Gasteiger partial charge in [-0.15, -0.1) is 6.58 Å². The molecule has 3 aliphatic rings. The molecule has 0 aromatic carbocycles. The van der Waals surface area contributed by atoms with Crippen molar-refractivity contribution in [2.75, 3.05) is 13.2 Å². The Hall–Kier alpha value is -1.85. The third kappa shape index (κ3) is 5.60. The molecule has 1 saturated heterocycles. The van der Waals surface area contributed by atoms with Crippen LogP contribution < -0.4 is 0 Å². The second-order valence-electron chi connectivity index (χ2n) is 15.3. The maximum absolute atomic E-state index is 14.6. The Morgan fingerprint density at radius 1 is 1.12 bits per heavy atom. The molecule has 0 aromatic heterocycles. The standard InChI is InChI=1S/C33H54O9Si/c1-14-23(35)39-25-26-29(7,8)18-17-22(41-43(12,13)28(4,5)6)31(26,10)33(37)21(34)19-30(9,15-2)42-32(33,11)27(25)40-24(36)20-38-16-3/h14-15,22,25-27,37H,1-2,16-20H2,3-13H3/t22-,25-,26-,27-,30-,31-,32+,33-/m0/s1. The van der Waals surface area contributed by atoms with Crippen molar-refractivity contribution in [3.05, 3.63) is 25.3 Å². The highest BCUT2D eigenvalue weighted by Crippen LogP contribution is 2.68. The lowest BCUT2D eigenvalue weighted by molar-refractivity contribution is -0.369. The molecule has 10 heteroatoms. The quantitative estimate of drug-likeness (QED) is 0.158. The number of rotatable bonds is 9. The summed E-state index contributed by atoms with van der Waals surface area (Å²) < 4.78 is 31.3. The van der Waals surface area contributed by atoms with Gasteiger partial charge in [0.2, 0.25) is 0 Å². The highest BCUT2D eigenvalue weighted by molar-refractivity contribution is 6.74. The molecule has 0 aromatic rings. The zero-order chi connectivity index (χ0) is 33.0. The van der Waals surface area contributed by atoms with Crippen molar-refractivity contribution in [2.24, 2.45) is 16.7 Å². The molecule has 1 aliphatic heterocycles. The molecule has 8 atom stereocenters. The van der Waals surface area contributed by atoms with E-state index in [4.69, 9.17) is 23.4 Å². The molecule has 9 nitrogen and oxygen atoms in total. The zero-order valence-corrected chi connectivity index (χ0v) is 29.1. The highest BCUT2D eigenvalue weighted by Gasteiger charge is 2.82. The predicted octanol–water partition coefficient (Wildman–Crippen LogP) is 5.30. The number of fused-ring (bicyclic) bond motifs is 3. The monoisotopic (exact) mass is 622 g/mol. The smallest absolute Gasteiger partial charge is 0.332 e. The molecular weight excluding hydrogens is 568 g/mol. The van der Waals surface area contributed by atoms with Crippen molar-refractivity contribution in [3.8, 4) is 0 Å². The number of hydrogen-bond donors (Lipinski definition) is 1. The molecule has 244 valence electrons. The molecule has 0 unspecified atom stereocenters. The lowest BCUT2D eigenvalue weighted by atomic mass is 9.39. The van der Waals surface area contributed by atoms with E-state index < -0.39 is 77.9 Å². The van der Waals surface area contributed by atoms with Crippen molar-refractivity contribution in [3.63, 3.8) is 0 Å². The van der Waals surface area contributed by atoms with Crippen LogP contribution in [0.4, 0.5) is 0 Å². The minimum absolute atomic E-state index is 0.144. The fourth-order valence-corrected chi connectivity index (χ4v) is 9.23. The lowest BCUT2D eigenvalue weighted by Gasteiger charge is -2.72. The van der Waals surface area contributed by atoms with E-state index in [-0.39, 0.29) is 24.7 Å². The SMILES string of the molecule is C=CC(=O)O[C@H]1[C@H]2C(C)(C)CC[C@H](O[Si](C)(C)C(C)(C)C)[C@]2(C)[C@@]2(O)C(=O)C[C@](C)(C=C)O[C@]2(C)[C@H]1OC(=O)COCC. The predicted molar refractivity (Wildman–Crippen MR) is 166 cm³/mol. The molecule has 0 spiro atoms. The number of ketones is 1. The number of aliphatic hydroxyl groups is 1. The number of ether oxygens (including phenoxy) is 4. The second kappa shape index (κ2) is 11.5. The Morgan fingerprint density at radius 3 is 2.23 bits per heavy atom. The number of carbonyl (C=O) groups excluding carboxylic acids is 3. The molecule has 0 radical (unpaired) electrons. The van der Waals surface area contributed by atoms with Gasteiger partial charge < -0.3 is 28.5 Å². The van der Waals surface area contributed by atoms with E-state index in [9.17, 15) is 19.5 Å². The Balaban J connectivity index is 2.41. The second-order valence-corrected chi connectivity index (χ2v) is 20.1.